The number of aliphatic hydroxyl groups is 7. The zero-order valence-corrected chi connectivity index (χ0v) is 40.9. The molecule has 7 N–H and O–H groups in total. The Labute approximate surface area is 402 Å². The zero-order valence-electron chi connectivity index (χ0n) is 40.9. The van der Waals surface area contributed by atoms with Crippen LogP contribution < -0.4 is 0 Å². The van der Waals surface area contributed by atoms with Crippen LogP contribution in [-0.2, 0) is 33.2 Å². The topological polar surface area (TPSA) is 214 Å². The van der Waals surface area contributed by atoms with Gasteiger partial charge in [-0.2, -0.15) is 0 Å². The highest BCUT2D eigenvalue weighted by Crippen LogP contribution is 2.26. The molecule has 2 aliphatic rings. The van der Waals surface area contributed by atoms with E-state index in [1.54, 1.807) is 0 Å². The van der Waals surface area contributed by atoms with E-state index in [4.69, 9.17) is 28.4 Å². The molecule has 0 aromatic rings. The van der Waals surface area contributed by atoms with Crippen molar-refractivity contribution in [2.24, 2.45) is 0 Å². The Morgan fingerprint density at radius 2 is 0.970 bits per heavy atom. The quantitative estimate of drug-likeness (QED) is 0.0181. The summed E-state index contributed by atoms with van der Waals surface area (Å²) in [5.41, 5.74) is 0. The van der Waals surface area contributed by atoms with E-state index < -0.39 is 86.7 Å². The number of rotatable bonds is 39. The van der Waals surface area contributed by atoms with Crippen molar-refractivity contribution in [1.82, 2.24) is 0 Å². The molecule has 0 amide bonds. The summed E-state index contributed by atoms with van der Waals surface area (Å²) < 4.78 is 34.1. The predicted octanol–water partition coefficient (Wildman–Crippen LogP) is 7.51. The van der Waals surface area contributed by atoms with E-state index in [1.807, 2.05) is 0 Å². The Hall–Kier alpha value is -2.57. The first-order valence-corrected chi connectivity index (χ1v) is 25.5. The van der Waals surface area contributed by atoms with Crippen molar-refractivity contribution in [3.8, 4) is 0 Å². The molecule has 14 nitrogen and oxygen atoms in total. The first-order chi connectivity index (χ1) is 32.6. The minimum atomic E-state index is -1.71. The van der Waals surface area contributed by atoms with Crippen molar-refractivity contribution in [1.29, 1.82) is 0 Å². The Morgan fingerprint density at radius 3 is 1.52 bits per heavy atom. The van der Waals surface area contributed by atoms with Gasteiger partial charge >= 0.3 is 5.97 Å². The molecular formula is C53H90O14. The number of aliphatic hydroxyl groups excluding tert-OH is 7. The molecule has 2 heterocycles. The van der Waals surface area contributed by atoms with E-state index in [9.17, 15) is 40.5 Å². The molecule has 0 radical (unpaired) electrons. The van der Waals surface area contributed by atoms with Crippen molar-refractivity contribution in [2.75, 3.05) is 33.0 Å². The van der Waals surface area contributed by atoms with Gasteiger partial charge in [-0.25, -0.2) is 0 Å². The lowest BCUT2D eigenvalue weighted by atomic mass is 9.98. The van der Waals surface area contributed by atoms with Crippen LogP contribution in [-0.4, -0.2) is 142 Å². The maximum Gasteiger partial charge on any atom is 0.306 e. The lowest BCUT2D eigenvalue weighted by Gasteiger charge is -2.42. The molecule has 0 bridgehead atoms. The molecule has 11 atom stereocenters. The smallest absolute Gasteiger partial charge is 0.306 e. The van der Waals surface area contributed by atoms with Crippen molar-refractivity contribution in [3.05, 3.63) is 72.9 Å². The second-order valence-corrected chi connectivity index (χ2v) is 17.6. The fourth-order valence-electron chi connectivity index (χ4n) is 7.58. The third-order valence-electron chi connectivity index (χ3n) is 11.7. The number of hydrogen-bond acceptors (Lipinski definition) is 14. The monoisotopic (exact) mass is 951 g/mol. The van der Waals surface area contributed by atoms with E-state index in [-0.39, 0.29) is 19.6 Å². The molecule has 2 aliphatic heterocycles. The highest BCUT2D eigenvalue weighted by atomic mass is 16.7. The molecule has 0 saturated carbocycles. The summed E-state index contributed by atoms with van der Waals surface area (Å²) in [5.74, 6) is -0.395. The molecule has 2 saturated heterocycles. The van der Waals surface area contributed by atoms with Crippen molar-refractivity contribution < 1.29 is 69.0 Å². The van der Waals surface area contributed by atoms with Gasteiger partial charge in [0.2, 0.25) is 0 Å². The van der Waals surface area contributed by atoms with E-state index >= 15 is 0 Å². The average Bonchev–Trinajstić information content (AvgIpc) is 3.32. The second kappa shape index (κ2) is 40.2. The molecule has 386 valence electrons. The van der Waals surface area contributed by atoms with Gasteiger partial charge in [-0.05, 0) is 64.2 Å². The fraction of sp³-hybridized carbons (Fsp3) is 0.755. The van der Waals surface area contributed by atoms with Crippen molar-refractivity contribution >= 4 is 5.97 Å². The molecule has 11 unspecified atom stereocenters. The normalized spacial score (nSPS) is 26.7. The second-order valence-electron chi connectivity index (χ2n) is 17.6. The number of carbonyl (C=O) groups is 1. The molecule has 14 heteroatoms. The Morgan fingerprint density at radius 1 is 0.507 bits per heavy atom. The lowest BCUT2D eigenvalue weighted by molar-refractivity contribution is -0.332. The van der Waals surface area contributed by atoms with Gasteiger partial charge in [-0.15, -0.1) is 0 Å². The van der Waals surface area contributed by atoms with E-state index in [1.165, 1.54) is 32.1 Å². The third kappa shape index (κ3) is 28.0. The highest BCUT2D eigenvalue weighted by molar-refractivity contribution is 5.69. The third-order valence-corrected chi connectivity index (χ3v) is 11.7. The molecule has 0 aliphatic carbocycles. The van der Waals surface area contributed by atoms with Gasteiger partial charge in [0, 0.05) is 13.0 Å². The van der Waals surface area contributed by atoms with Crippen LogP contribution in [0, 0.1) is 0 Å². The van der Waals surface area contributed by atoms with Gasteiger partial charge in [0.05, 0.1) is 26.4 Å². The number of esters is 1. The van der Waals surface area contributed by atoms with Gasteiger partial charge in [-0.3, -0.25) is 4.79 Å². The molecule has 0 aromatic heterocycles. The summed E-state index contributed by atoms with van der Waals surface area (Å²) in [5, 5.41) is 72.0. The summed E-state index contributed by atoms with van der Waals surface area (Å²) in [4.78, 5) is 13.0. The molecule has 0 spiro atoms. The fourth-order valence-corrected chi connectivity index (χ4v) is 7.58. The maximum absolute atomic E-state index is 13.0. The molecule has 0 aromatic carbocycles. The maximum atomic E-state index is 13.0. The summed E-state index contributed by atoms with van der Waals surface area (Å²) in [6.45, 7) is 3.50. The molecular weight excluding hydrogens is 861 g/mol. The van der Waals surface area contributed by atoms with Crippen LogP contribution in [0.1, 0.15) is 155 Å². The van der Waals surface area contributed by atoms with Crippen LogP contribution in [0.3, 0.4) is 0 Å². The summed E-state index contributed by atoms with van der Waals surface area (Å²) >= 11 is 0. The number of unbranched alkanes of at least 4 members (excludes halogenated alkanes) is 13. The number of allylic oxidation sites excluding steroid dienone is 12. The summed E-state index contributed by atoms with van der Waals surface area (Å²) in [6, 6.07) is 0. The molecule has 2 rings (SSSR count). The summed E-state index contributed by atoms with van der Waals surface area (Å²) in [7, 11) is 0. The van der Waals surface area contributed by atoms with Crippen LogP contribution in [0.15, 0.2) is 72.9 Å². The van der Waals surface area contributed by atoms with Gasteiger partial charge in [0.25, 0.3) is 0 Å². The Balaban J connectivity index is 1.70. The number of carbonyl (C=O) groups excluding carboxylic acids is 1. The first kappa shape index (κ1) is 60.6. The highest BCUT2D eigenvalue weighted by Gasteiger charge is 2.47. The van der Waals surface area contributed by atoms with Crippen LogP contribution in [0.25, 0.3) is 0 Å². The standard InChI is InChI=1S/C53H90O14/c1-3-5-7-9-11-13-14-15-16-17-18-19-20-21-22-23-24-25-26-27-28-29-30-32-34-36-45(55)65-42(39-62-37-35-33-31-12-10-8-6-4-2)40-63-52-51(61)49(59)47(57)44(67-52)41-64-53-50(60)48(58)46(56)43(38-54)66-53/h5,7,11,13,15-16,18-19,21-22,24-25,42-44,46-54,56-61H,3-4,6,8-10,12,14,17,20,23,26-41H2,1-2H3/b7-5-,13-11-,16-15-,19-18-,22-21-,25-24-. The van der Waals surface area contributed by atoms with Gasteiger partial charge < -0.3 is 64.2 Å². The van der Waals surface area contributed by atoms with E-state index in [0.29, 0.717) is 13.0 Å². The van der Waals surface area contributed by atoms with Crippen LogP contribution >= 0.6 is 0 Å². The van der Waals surface area contributed by atoms with Crippen molar-refractivity contribution in [3.63, 3.8) is 0 Å². The SMILES string of the molecule is CC/C=C\C/C=C\C/C=C\C/C=C\C/C=C\C/C=C\CCCCCCCCC(=O)OC(COCCCCCCCCCC)COC1OC(COC2OC(CO)C(O)C(O)C2O)C(O)C(O)C1O. The Kier molecular flexibility index (Phi) is 36.3. The Bertz CT molecular complexity index is 1380. The van der Waals surface area contributed by atoms with Gasteiger partial charge in [0.1, 0.15) is 54.9 Å². The van der Waals surface area contributed by atoms with Crippen LogP contribution in [0.5, 0.6) is 0 Å². The minimum absolute atomic E-state index is 0.0522. The van der Waals surface area contributed by atoms with E-state index in [0.717, 1.165) is 96.3 Å². The van der Waals surface area contributed by atoms with Crippen LogP contribution in [0.4, 0.5) is 0 Å². The predicted molar refractivity (Wildman–Crippen MR) is 261 cm³/mol. The minimum Gasteiger partial charge on any atom is -0.457 e. The van der Waals surface area contributed by atoms with Gasteiger partial charge in [0.15, 0.2) is 12.6 Å². The van der Waals surface area contributed by atoms with Crippen molar-refractivity contribution in [2.45, 2.75) is 223 Å². The number of hydrogen-bond donors (Lipinski definition) is 7. The molecule has 67 heavy (non-hydrogen) atoms. The van der Waals surface area contributed by atoms with Gasteiger partial charge in [-0.1, -0.05) is 157 Å². The zero-order chi connectivity index (χ0) is 48.7. The molecule has 2 fully saturated rings. The first-order valence-electron chi connectivity index (χ1n) is 25.5. The average molecular weight is 951 g/mol. The van der Waals surface area contributed by atoms with Crippen LogP contribution in [0.2, 0.25) is 0 Å². The van der Waals surface area contributed by atoms with E-state index in [2.05, 4.69) is 86.8 Å². The lowest BCUT2D eigenvalue weighted by Crippen LogP contribution is -2.61. The summed E-state index contributed by atoms with van der Waals surface area (Å²) in [6.07, 6.45) is 32.7. The number of ether oxygens (including phenoxy) is 6. The largest absolute Gasteiger partial charge is 0.457 e.